The molecular formula is C25H31FN8. The number of hydrogen-bond donors (Lipinski definition) is 4. The monoisotopic (exact) mass is 462 g/mol. The summed E-state index contributed by atoms with van der Waals surface area (Å²) >= 11 is 0. The Kier molecular flexibility index (Phi) is 5.26. The van der Waals surface area contributed by atoms with E-state index < -0.39 is 0 Å². The van der Waals surface area contributed by atoms with Gasteiger partial charge in [-0.3, -0.25) is 5.10 Å². The summed E-state index contributed by atoms with van der Waals surface area (Å²) in [6, 6.07) is 6.27. The SMILES string of the molecule is CC1(N)CCN(c2nc(Nc3n[nH]c(C4CC4)c3F)c3cc(C4=CCNCC4)ccc3n2)CC1. The molecule has 4 heterocycles. The number of nitrogens with two attached hydrogens (primary N) is 1. The zero-order chi connectivity index (χ0) is 23.3. The number of H-pyrrole nitrogens is 1. The highest BCUT2D eigenvalue weighted by Gasteiger charge is 2.31. The van der Waals surface area contributed by atoms with Gasteiger partial charge in [-0.2, -0.15) is 10.1 Å². The van der Waals surface area contributed by atoms with Gasteiger partial charge in [0.25, 0.3) is 0 Å². The van der Waals surface area contributed by atoms with Crippen molar-refractivity contribution in [1.82, 2.24) is 25.5 Å². The van der Waals surface area contributed by atoms with Crippen LogP contribution in [0, 0.1) is 5.82 Å². The van der Waals surface area contributed by atoms with Crippen molar-refractivity contribution in [1.29, 1.82) is 0 Å². The Morgan fingerprint density at radius 1 is 1.18 bits per heavy atom. The van der Waals surface area contributed by atoms with Gasteiger partial charge in [-0.1, -0.05) is 12.1 Å². The zero-order valence-corrected chi connectivity index (χ0v) is 19.5. The highest BCUT2D eigenvalue weighted by atomic mass is 19.1. The molecule has 2 aromatic heterocycles. The van der Waals surface area contributed by atoms with Gasteiger partial charge in [0.05, 0.1) is 11.2 Å². The number of benzene rings is 1. The Hall–Kier alpha value is -3.04. The topological polar surface area (TPSA) is 108 Å². The first-order valence-electron chi connectivity index (χ1n) is 12.2. The molecule has 0 unspecified atom stereocenters. The van der Waals surface area contributed by atoms with Crippen LogP contribution in [-0.2, 0) is 0 Å². The smallest absolute Gasteiger partial charge is 0.227 e. The minimum absolute atomic E-state index is 0.163. The summed E-state index contributed by atoms with van der Waals surface area (Å²) in [7, 11) is 0. The molecule has 34 heavy (non-hydrogen) atoms. The van der Waals surface area contributed by atoms with E-state index in [0.717, 1.165) is 74.7 Å². The lowest BCUT2D eigenvalue weighted by Gasteiger charge is -2.36. The molecular weight excluding hydrogens is 431 g/mol. The third-order valence-corrected chi connectivity index (χ3v) is 7.26. The lowest BCUT2D eigenvalue weighted by molar-refractivity contribution is 0.362. The van der Waals surface area contributed by atoms with Crippen LogP contribution in [0.5, 0.6) is 0 Å². The van der Waals surface area contributed by atoms with Crippen LogP contribution in [0.3, 0.4) is 0 Å². The Morgan fingerprint density at radius 3 is 2.74 bits per heavy atom. The van der Waals surface area contributed by atoms with E-state index in [1.807, 2.05) is 6.07 Å². The van der Waals surface area contributed by atoms with E-state index in [1.54, 1.807) is 0 Å². The predicted molar refractivity (Wildman–Crippen MR) is 133 cm³/mol. The minimum atomic E-state index is -0.315. The lowest BCUT2D eigenvalue weighted by Crippen LogP contribution is -2.48. The standard InChI is InChI=1S/C25H31FN8/c1-25(27)8-12-34(13-9-25)24-29-19-5-4-17(15-6-10-28-11-7-15)14-18(19)22(31-24)30-23-20(26)21(32-33-23)16-2-3-16/h4-6,14,16,28H,2-3,7-13,27H2,1H3,(H2,29,30,31,32,33). The molecule has 1 aliphatic carbocycles. The first-order chi connectivity index (χ1) is 16.5. The number of nitrogens with one attached hydrogen (secondary N) is 3. The molecule has 2 aliphatic heterocycles. The Labute approximate surface area is 198 Å². The van der Waals surface area contributed by atoms with Crippen molar-refractivity contribution in [2.45, 2.75) is 50.5 Å². The van der Waals surface area contributed by atoms with Gasteiger partial charge < -0.3 is 21.3 Å². The van der Waals surface area contributed by atoms with Crippen LogP contribution < -0.4 is 21.3 Å². The van der Waals surface area contributed by atoms with Gasteiger partial charge in [0.15, 0.2) is 11.6 Å². The largest absolute Gasteiger partial charge is 0.341 e. The summed E-state index contributed by atoms with van der Waals surface area (Å²) in [5.74, 6) is 1.33. The number of rotatable bonds is 5. The van der Waals surface area contributed by atoms with Crippen LogP contribution in [0.25, 0.3) is 16.5 Å². The van der Waals surface area contributed by atoms with Gasteiger partial charge in [-0.15, -0.1) is 0 Å². The molecule has 9 heteroatoms. The first kappa shape index (κ1) is 21.5. The second-order valence-corrected chi connectivity index (χ2v) is 10.1. The van der Waals surface area contributed by atoms with Crippen molar-refractivity contribution in [2.75, 3.05) is 36.4 Å². The maximum absolute atomic E-state index is 15.1. The van der Waals surface area contributed by atoms with Crippen LogP contribution >= 0.6 is 0 Å². The summed E-state index contributed by atoms with van der Waals surface area (Å²) in [4.78, 5) is 11.9. The molecule has 5 N–H and O–H groups in total. The van der Waals surface area contributed by atoms with E-state index in [1.165, 1.54) is 5.57 Å². The summed E-state index contributed by atoms with van der Waals surface area (Å²) in [6.45, 7) is 5.50. The molecule has 6 rings (SSSR count). The fourth-order valence-electron chi connectivity index (χ4n) is 4.83. The van der Waals surface area contributed by atoms with E-state index in [4.69, 9.17) is 15.7 Å². The predicted octanol–water partition coefficient (Wildman–Crippen LogP) is 3.81. The van der Waals surface area contributed by atoms with Crippen molar-refractivity contribution in [3.63, 3.8) is 0 Å². The van der Waals surface area contributed by atoms with Crippen LogP contribution in [0.4, 0.5) is 22.0 Å². The summed E-state index contributed by atoms with van der Waals surface area (Å²) in [5.41, 5.74) is 10.0. The van der Waals surface area contributed by atoms with Crippen molar-refractivity contribution >= 4 is 34.1 Å². The molecule has 0 radical (unpaired) electrons. The molecule has 3 aromatic rings. The second kappa shape index (κ2) is 8.32. The molecule has 0 atom stereocenters. The third-order valence-electron chi connectivity index (χ3n) is 7.26. The molecule has 178 valence electrons. The molecule has 0 spiro atoms. The Bertz CT molecular complexity index is 1250. The normalized spacial score (nSPS) is 20.4. The van der Waals surface area contributed by atoms with Crippen LogP contribution in [-0.4, -0.2) is 51.9 Å². The number of aromatic amines is 1. The van der Waals surface area contributed by atoms with Gasteiger partial charge >= 0.3 is 0 Å². The van der Waals surface area contributed by atoms with Crippen LogP contribution in [0.2, 0.25) is 0 Å². The highest BCUT2D eigenvalue weighted by Crippen LogP contribution is 2.42. The van der Waals surface area contributed by atoms with Gasteiger partial charge in [0, 0.05) is 36.5 Å². The molecule has 1 aromatic carbocycles. The molecule has 0 amide bonds. The summed E-state index contributed by atoms with van der Waals surface area (Å²) < 4.78 is 15.1. The maximum Gasteiger partial charge on any atom is 0.227 e. The fraction of sp³-hybridized carbons (Fsp3) is 0.480. The zero-order valence-electron chi connectivity index (χ0n) is 19.5. The quantitative estimate of drug-likeness (QED) is 0.457. The number of aromatic nitrogens is 4. The van der Waals surface area contributed by atoms with Gasteiger partial charge in [-0.25, -0.2) is 9.37 Å². The molecule has 2 fully saturated rings. The van der Waals surface area contributed by atoms with Gasteiger partial charge in [0.2, 0.25) is 5.95 Å². The van der Waals surface area contributed by atoms with Crippen molar-refractivity contribution in [3.05, 3.63) is 41.3 Å². The summed E-state index contributed by atoms with van der Waals surface area (Å²) in [6.07, 6.45) is 6.94. The maximum atomic E-state index is 15.1. The van der Waals surface area contributed by atoms with E-state index >= 15 is 4.39 Å². The first-order valence-corrected chi connectivity index (χ1v) is 12.2. The fourth-order valence-corrected chi connectivity index (χ4v) is 4.83. The number of nitrogens with zero attached hydrogens (tertiary/aromatic N) is 4. The Morgan fingerprint density at radius 2 is 2.00 bits per heavy atom. The Balaban J connectivity index is 1.41. The second-order valence-electron chi connectivity index (χ2n) is 10.1. The number of hydrogen-bond acceptors (Lipinski definition) is 7. The van der Waals surface area contributed by atoms with E-state index in [9.17, 15) is 0 Å². The van der Waals surface area contributed by atoms with Crippen LogP contribution in [0.15, 0.2) is 24.3 Å². The van der Waals surface area contributed by atoms with Crippen molar-refractivity contribution in [2.24, 2.45) is 5.73 Å². The molecule has 0 bridgehead atoms. The number of anilines is 3. The van der Waals surface area contributed by atoms with Gasteiger partial charge in [-0.05, 0) is 68.8 Å². The number of piperidine rings is 1. The van der Waals surface area contributed by atoms with Crippen molar-refractivity contribution < 1.29 is 4.39 Å². The third kappa shape index (κ3) is 4.14. The molecule has 3 aliphatic rings. The van der Waals surface area contributed by atoms with Gasteiger partial charge in [0.1, 0.15) is 5.82 Å². The average Bonchev–Trinajstić information content (AvgIpc) is 3.63. The minimum Gasteiger partial charge on any atom is -0.341 e. The van der Waals surface area contributed by atoms with E-state index in [-0.39, 0.29) is 23.1 Å². The number of halogens is 1. The van der Waals surface area contributed by atoms with Crippen molar-refractivity contribution in [3.8, 4) is 0 Å². The molecule has 8 nitrogen and oxygen atoms in total. The highest BCUT2D eigenvalue weighted by molar-refractivity contribution is 5.94. The van der Waals surface area contributed by atoms with E-state index in [0.29, 0.717) is 17.5 Å². The lowest BCUT2D eigenvalue weighted by atomic mass is 9.91. The molecule has 1 saturated carbocycles. The van der Waals surface area contributed by atoms with Crippen LogP contribution in [0.1, 0.15) is 56.2 Å². The molecule has 1 saturated heterocycles. The summed E-state index contributed by atoms with van der Waals surface area (Å²) in [5, 5.41) is 14.5. The van der Waals surface area contributed by atoms with E-state index in [2.05, 4.69) is 50.9 Å². The number of fused-ring (bicyclic) bond motifs is 1. The average molecular weight is 463 g/mol.